The summed E-state index contributed by atoms with van der Waals surface area (Å²) in [6.45, 7) is 0.840. The highest BCUT2D eigenvalue weighted by Gasteiger charge is 2.19. The second kappa shape index (κ2) is 5.86. The van der Waals surface area contributed by atoms with Crippen LogP contribution in [-0.2, 0) is 0 Å². The minimum Gasteiger partial charge on any atom is -0.481 e. The van der Waals surface area contributed by atoms with Gasteiger partial charge in [0.25, 0.3) is 0 Å². The van der Waals surface area contributed by atoms with Crippen molar-refractivity contribution in [1.29, 1.82) is 0 Å². The van der Waals surface area contributed by atoms with Gasteiger partial charge in [-0.25, -0.2) is 0 Å². The minimum atomic E-state index is -0.115. The molecule has 0 saturated heterocycles. The molecule has 0 aromatic carbocycles. The predicted molar refractivity (Wildman–Crippen MR) is 69.5 cm³/mol. The number of hydrogen-bond acceptors (Lipinski definition) is 6. The second-order valence-corrected chi connectivity index (χ2v) is 4.71. The second-order valence-electron chi connectivity index (χ2n) is 4.71. The van der Waals surface area contributed by atoms with E-state index in [1.165, 1.54) is 0 Å². The number of methoxy groups -OCH3 is 1. The van der Waals surface area contributed by atoms with E-state index in [4.69, 9.17) is 10.5 Å². The van der Waals surface area contributed by atoms with Gasteiger partial charge in [-0.05, 0) is 31.6 Å². The summed E-state index contributed by atoms with van der Waals surface area (Å²) in [6, 6.07) is 1.73. The quantitative estimate of drug-likeness (QED) is 0.741. The fourth-order valence-corrected chi connectivity index (χ4v) is 2.24. The Morgan fingerprint density at radius 1 is 1.39 bits per heavy atom. The van der Waals surface area contributed by atoms with Crippen LogP contribution in [0.1, 0.15) is 25.7 Å². The van der Waals surface area contributed by atoms with Gasteiger partial charge in [-0.1, -0.05) is 0 Å². The Balaban J connectivity index is 1.88. The highest BCUT2D eigenvalue weighted by Crippen LogP contribution is 2.24. The zero-order valence-corrected chi connectivity index (χ0v) is 10.6. The fourth-order valence-electron chi connectivity index (χ4n) is 2.24. The molecule has 0 unspecified atom stereocenters. The van der Waals surface area contributed by atoms with Crippen LogP contribution in [0, 0.1) is 5.92 Å². The molecule has 0 spiro atoms. The molecule has 0 radical (unpaired) electrons. The Morgan fingerprint density at radius 2 is 2.11 bits per heavy atom. The van der Waals surface area contributed by atoms with Crippen molar-refractivity contribution in [2.75, 3.05) is 24.7 Å². The molecule has 0 atom stereocenters. The first-order valence-electron chi connectivity index (χ1n) is 6.28. The summed E-state index contributed by atoms with van der Waals surface area (Å²) in [5.41, 5.74) is 5.59. The average Bonchev–Trinajstić information content (AvgIpc) is 2.37. The lowest BCUT2D eigenvalue weighted by Gasteiger charge is -2.25. The van der Waals surface area contributed by atoms with E-state index in [0.717, 1.165) is 32.2 Å². The number of hydrogen-bond donors (Lipinski definition) is 3. The Hall–Kier alpha value is -1.56. The standard InChI is InChI=1S/C12H20N4O2/c1-18-11-6-10(15-12(13)16-11)14-7-8-2-4-9(17)5-3-8/h6,8-9,17H,2-5,7H2,1H3,(H3,13,14,15,16). The number of rotatable bonds is 4. The molecule has 2 rings (SSSR count). The van der Waals surface area contributed by atoms with Gasteiger partial charge in [0.15, 0.2) is 0 Å². The van der Waals surface area contributed by atoms with Crippen LogP contribution < -0.4 is 15.8 Å². The number of anilines is 2. The summed E-state index contributed by atoms with van der Waals surface area (Å²) < 4.78 is 5.04. The van der Waals surface area contributed by atoms with Crippen LogP contribution in [0.25, 0.3) is 0 Å². The normalized spacial score (nSPS) is 23.7. The summed E-state index contributed by atoms with van der Waals surface area (Å²) in [4.78, 5) is 8.04. The van der Waals surface area contributed by atoms with Crippen molar-refractivity contribution in [3.8, 4) is 5.88 Å². The maximum atomic E-state index is 9.44. The third-order valence-electron chi connectivity index (χ3n) is 3.32. The van der Waals surface area contributed by atoms with Gasteiger partial charge >= 0.3 is 0 Å². The molecule has 1 fully saturated rings. The monoisotopic (exact) mass is 252 g/mol. The third-order valence-corrected chi connectivity index (χ3v) is 3.32. The largest absolute Gasteiger partial charge is 0.481 e. The summed E-state index contributed by atoms with van der Waals surface area (Å²) in [6.07, 6.45) is 3.76. The van der Waals surface area contributed by atoms with E-state index < -0.39 is 0 Å². The maximum absolute atomic E-state index is 9.44. The third kappa shape index (κ3) is 3.46. The Labute approximate surface area is 107 Å². The van der Waals surface area contributed by atoms with Gasteiger partial charge in [0.05, 0.1) is 13.2 Å². The van der Waals surface area contributed by atoms with Crippen molar-refractivity contribution < 1.29 is 9.84 Å². The summed E-state index contributed by atoms with van der Waals surface area (Å²) in [7, 11) is 1.55. The lowest BCUT2D eigenvalue weighted by atomic mass is 9.87. The van der Waals surface area contributed by atoms with Crippen LogP contribution >= 0.6 is 0 Å². The first-order chi connectivity index (χ1) is 8.67. The molecule has 1 aromatic heterocycles. The van der Waals surface area contributed by atoms with Gasteiger partial charge < -0.3 is 20.9 Å². The van der Waals surface area contributed by atoms with Crippen molar-refractivity contribution in [2.24, 2.45) is 5.92 Å². The van der Waals surface area contributed by atoms with Crippen LogP contribution in [0.5, 0.6) is 5.88 Å². The number of ether oxygens (including phenoxy) is 1. The van der Waals surface area contributed by atoms with E-state index in [-0.39, 0.29) is 12.1 Å². The first-order valence-corrected chi connectivity index (χ1v) is 6.28. The molecular weight excluding hydrogens is 232 g/mol. The van der Waals surface area contributed by atoms with Crippen molar-refractivity contribution in [3.63, 3.8) is 0 Å². The van der Waals surface area contributed by atoms with Crippen molar-refractivity contribution in [2.45, 2.75) is 31.8 Å². The lowest BCUT2D eigenvalue weighted by molar-refractivity contribution is 0.111. The molecular formula is C12H20N4O2. The Morgan fingerprint density at radius 3 is 2.78 bits per heavy atom. The van der Waals surface area contributed by atoms with E-state index in [9.17, 15) is 5.11 Å². The number of aromatic nitrogens is 2. The Kier molecular flexibility index (Phi) is 4.19. The first kappa shape index (κ1) is 12.9. The summed E-state index contributed by atoms with van der Waals surface area (Å²) in [5, 5.41) is 12.7. The Bertz CT molecular complexity index is 392. The van der Waals surface area contributed by atoms with Crippen molar-refractivity contribution in [3.05, 3.63) is 6.07 Å². The lowest BCUT2D eigenvalue weighted by Crippen LogP contribution is -2.23. The van der Waals surface area contributed by atoms with Crippen molar-refractivity contribution in [1.82, 2.24) is 9.97 Å². The molecule has 1 heterocycles. The molecule has 1 saturated carbocycles. The van der Waals surface area contributed by atoms with E-state index in [0.29, 0.717) is 17.6 Å². The SMILES string of the molecule is COc1cc(NCC2CCC(O)CC2)nc(N)n1. The van der Waals surface area contributed by atoms with Crippen LogP contribution in [0.3, 0.4) is 0 Å². The number of nitrogens with zero attached hydrogens (tertiary/aromatic N) is 2. The van der Waals surface area contributed by atoms with Crippen LogP contribution in [0.15, 0.2) is 6.07 Å². The zero-order valence-electron chi connectivity index (χ0n) is 10.6. The van der Waals surface area contributed by atoms with E-state index in [2.05, 4.69) is 15.3 Å². The van der Waals surface area contributed by atoms with Crippen LogP contribution in [0.4, 0.5) is 11.8 Å². The van der Waals surface area contributed by atoms with Crippen molar-refractivity contribution >= 4 is 11.8 Å². The molecule has 100 valence electrons. The number of nitrogen functional groups attached to an aromatic ring is 1. The van der Waals surface area contributed by atoms with Gasteiger partial charge in [0.1, 0.15) is 5.82 Å². The number of aliphatic hydroxyl groups is 1. The topological polar surface area (TPSA) is 93.3 Å². The molecule has 4 N–H and O–H groups in total. The van der Waals surface area contributed by atoms with E-state index in [1.54, 1.807) is 13.2 Å². The molecule has 6 nitrogen and oxygen atoms in total. The molecule has 0 amide bonds. The van der Waals surface area contributed by atoms with Crippen LogP contribution in [-0.4, -0.2) is 34.8 Å². The van der Waals surface area contributed by atoms with Gasteiger partial charge in [-0.3, -0.25) is 0 Å². The van der Waals surface area contributed by atoms with Gasteiger partial charge in [-0.2, -0.15) is 9.97 Å². The molecule has 0 bridgehead atoms. The molecule has 1 aliphatic rings. The average molecular weight is 252 g/mol. The van der Waals surface area contributed by atoms with Crippen LogP contribution in [0.2, 0.25) is 0 Å². The maximum Gasteiger partial charge on any atom is 0.225 e. The molecule has 6 heteroatoms. The van der Waals surface area contributed by atoms with E-state index >= 15 is 0 Å². The van der Waals surface area contributed by atoms with Gasteiger partial charge in [-0.15, -0.1) is 0 Å². The van der Waals surface area contributed by atoms with Gasteiger partial charge in [0, 0.05) is 12.6 Å². The van der Waals surface area contributed by atoms with Gasteiger partial charge in [0.2, 0.25) is 11.8 Å². The number of aliphatic hydroxyl groups excluding tert-OH is 1. The smallest absolute Gasteiger partial charge is 0.225 e. The highest BCUT2D eigenvalue weighted by atomic mass is 16.5. The molecule has 1 aliphatic carbocycles. The number of nitrogens with two attached hydrogens (primary N) is 1. The molecule has 18 heavy (non-hydrogen) atoms. The predicted octanol–water partition coefficient (Wildman–Crippen LogP) is 1.03. The molecule has 1 aromatic rings. The van der Waals surface area contributed by atoms with E-state index in [1.807, 2.05) is 0 Å². The zero-order chi connectivity index (χ0) is 13.0. The highest BCUT2D eigenvalue weighted by molar-refractivity contribution is 5.42. The molecule has 0 aliphatic heterocycles. The number of nitrogens with one attached hydrogen (secondary N) is 1. The summed E-state index contributed by atoms with van der Waals surface area (Å²) in [5.74, 6) is 1.93. The summed E-state index contributed by atoms with van der Waals surface area (Å²) >= 11 is 0. The fraction of sp³-hybridized carbons (Fsp3) is 0.667. The minimum absolute atomic E-state index is 0.115.